The molecule has 0 saturated carbocycles. The summed E-state index contributed by atoms with van der Waals surface area (Å²) in [6, 6.07) is 15.3. The third kappa shape index (κ3) is 4.26. The number of rotatable bonds is 5. The van der Waals surface area contributed by atoms with Gasteiger partial charge < -0.3 is 9.84 Å². The third-order valence-electron chi connectivity index (χ3n) is 4.94. The van der Waals surface area contributed by atoms with Crippen molar-refractivity contribution in [3.63, 3.8) is 0 Å². The number of pyridine rings is 1. The molecule has 3 aromatic rings. The molecule has 29 heavy (non-hydrogen) atoms. The molecule has 0 aliphatic rings. The van der Waals surface area contributed by atoms with Gasteiger partial charge in [-0.1, -0.05) is 62.7 Å². The Balaban J connectivity index is 2.02. The van der Waals surface area contributed by atoms with Gasteiger partial charge in [0.05, 0.1) is 0 Å². The Morgan fingerprint density at radius 3 is 2.17 bits per heavy atom. The number of aliphatic hydroxyl groups is 1. The van der Waals surface area contributed by atoms with E-state index in [-0.39, 0.29) is 5.75 Å². The molecule has 0 aliphatic carbocycles. The summed E-state index contributed by atoms with van der Waals surface area (Å²) in [6.45, 7) is 2.95. The summed E-state index contributed by atoms with van der Waals surface area (Å²) in [7, 11) is 0. The smallest absolute Gasteiger partial charge is 0.387 e. The zero-order valence-corrected chi connectivity index (χ0v) is 17.1. The Kier molecular flexibility index (Phi) is 5.92. The summed E-state index contributed by atoms with van der Waals surface area (Å²) in [5, 5.41) is 12.1. The molecule has 6 heteroatoms. The number of benzene rings is 2. The van der Waals surface area contributed by atoms with E-state index in [1.807, 2.05) is 32.9 Å². The fraction of sp³-hybridized carbons (Fsp3) is 0.261. The highest BCUT2D eigenvalue weighted by Gasteiger charge is 2.44. The van der Waals surface area contributed by atoms with Crippen LogP contribution in [0.25, 0.3) is 11.1 Å². The van der Waals surface area contributed by atoms with Crippen LogP contribution >= 0.6 is 11.6 Å². The second kappa shape index (κ2) is 8.09. The maximum absolute atomic E-state index is 12.3. The van der Waals surface area contributed by atoms with Crippen molar-refractivity contribution in [2.45, 2.75) is 33.0 Å². The molecule has 0 radical (unpaired) electrons. The van der Waals surface area contributed by atoms with E-state index in [2.05, 4.69) is 9.72 Å². The van der Waals surface area contributed by atoms with Gasteiger partial charge in [0.15, 0.2) is 0 Å². The van der Waals surface area contributed by atoms with Gasteiger partial charge in [0.2, 0.25) is 0 Å². The second-order valence-corrected chi connectivity index (χ2v) is 8.21. The molecular weight excluding hydrogens is 396 g/mol. The average molecular weight is 418 g/mol. The summed E-state index contributed by atoms with van der Waals surface area (Å²) in [6.07, 6.45) is 3.29. The van der Waals surface area contributed by atoms with Gasteiger partial charge in [-0.3, -0.25) is 4.98 Å². The van der Waals surface area contributed by atoms with Crippen LogP contribution in [0.1, 0.15) is 31.9 Å². The van der Waals surface area contributed by atoms with Gasteiger partial charge >= 0.3 is 6.61 Å². The van der Waals surface area contributed by atoms with Gasteiger partial charge in [-0.25, -0.2) is 0 Å². The lowest BCUT2D eigenvalue weighted by Crippen LogP contribution is -2.41. The van der Waals surface area contributed by atoms with Crippen LogP contribution in [0.4, 0.5) is 8.78 Å². The van der Waals surface area contributed by atoms with Crippen molar-refractivity contribution in [3.05, 3.63) is 83.1 Å². The Bertz CT molecular complexity index is 972. The molecule has 1 heterocycles. The molecule has 0 saturated heterocycles. The molecule has 1 aromatic heterocycles. The minimum absolute atomic E-state index is 0.0881. The number of nitrogens with zero attached hydrogens (tertiary/aromatic N) is 1. The molecule has 0 spiro atoms. The monoisotopic (exact) mass is 417 g/mol. The highest BCUT2D eigenvalue weighted by molar-refractivity contribution is 6.31. The van der Waals surface area contributed by atoms with Crippen LogP contribution in [0.2, 0.25) is 5.02 Å². The molecule has 1 N–H and O–H groups in total. The molecule has 0 fully saturated rings. The predicted molar refractivity (Wildman–Crippen MR) is 110 cm³/mol. The number of ether oxygens (including phenoxy) is 1. The van der Waals surface area contributed by atoms with Crippen LogP contribution in [0.5, 0.6) is 5.75 Å². The van der Waals surface area contributed by atoms with E-state index >= 15 is 0 Å². The Hall–Kier alpha value is -2.50. The molecule has 0 amide bonds. The number of halogens is 3. The summed E-state index contributed by atoms with van der Waals surface area (Å²) in [4.78, 5) is 4.14. The van der Waals surface area contributed by atoms with E-state index in [9.17, 15) is 13.9 Å². The quantitative estimate of drug-likeness (QED) is 0.530. The van der Waals surface area contributed by atoms with Gasteiger partial charge in [-0.2, -0.15) is 8.78 Å². The summed E-state index contributed by atoms with van der Waals surface area (Å²) >= 11 is 6.62. The minimum Gasteiger partial charge on any atom is -0.435 e. The maximum Gasteiger partial charge on any atom is 0.387 e. The van der Waals surface area contributed by atoms with Crippen LogP contribution in [0.3, 0.4) is 0 Å². The molecular formula is C23H22ClF2NO2. The van der Waals surface area contributed by atoms with E-state index in [0.29, 0.717) is 16.1 Å². The van der Waals surface area contributed by atoms with Gasteiger partial charge in [-0.05, 0) is 40.8 Å². The van der Waals surface area contributed by atoms with Crippen molar-refractivity contribution in [1.82, 2.24) is 4.98 Å². The number of aromatic nitrogens is 1. The highest BCUT2D eigenvalue weighted by atomic mass is 35.5. The van der Waals surface area contributed by atoms with Crippen molar-refractivity contribution in [1.29, 1.82) is 0 Å². The molecule has 3 nitrogen and oxygen atoms in total. The molecule has 3 rings (SSSR count). The third-order valence-corrected chi connectivity index (χ3v) is 5.25. The first kappa shape index (κ1) is 21.2. The van der Waals surface area contributed by atoms with E-state index in [0.717, 1.165) is 11.1 Å². The van der Waals surface area contributed by atoms with E-state index in [4.69, 9.17) is 11.6 Å². The highest BCUT2D eigenvalue weighted by Crippen LogP contribution is 2.47. The molecule has 152 valence electrons. The van der Waals surface area contributed by atoms with Gasteiger partial charge in [0.25, 0.3) is 0 Å². The van der Waals surface area contributed by atoms with Crippen molar-refractivity contribution in [2.75, 3.05) is 0 Å². The van der Waals surface area contributed by atoms with Crippen molar-refractivity contribution in [3.8, 4) is 16.9 Å². The Morgan fingerprint density at radius 2 is 1.66 bits per heavy atom. The van der Waals surface area contributed by atoms with Crippen LogP contribution in [0.15, 0.2) is 67.0 Å². The second-order valence-electron chi connectivity index (χ2n) is 7.80. The van der Waals surface area contributed by atoms with E-state index < -0.39 is 17.6 Å². The van der Waals surface area contributed by atoms with Crippen LogP contribution in [0, 0.1) is 5.41 Å². The topological polar surface area (TPSA) is 42.4 Å². The fourth-order valence-electron chi connectivity index (χ4n) is 3.39. The van der Waals surface area contributed by atoms with E-state index in [1.54, 1.807) is 42.7 Å². The first-order valence-corrected chi connectivity index (χ1v) is 9.49. The maximum atomic E-state index is 12.3. The number of hydrogen-bond acceptors (Lipinski definition) is 3. The lowest BCUT2D eigenvalue weighted by Gasteiger charge is -2.41. The van der Waals surface area contributed by atoms with Crippen LogP contribution in [-0.2, 0) is 5.60 Å². The molecule has 0 bridgehead atoms. The van der Waals surface area contributed by atoms with Gasteiger partial charge in [0, 0.05) is 28.5 Å². The van der Waals surface area contributed by atoms with Crippen LogP contribution in [-0.4, -0.2) is 16.7 Å². The first-order chi connectivity index (χ1) is 13.6. The summed E-state index contributed by atoms with van der Waals surface area (Å²) in [5.41, 5.74) is 0.892. The van der Waals surface area contributed by atoms with Crippen LogP contribution < -0.4 is 4.74 Å². The number of hydrogen-bond donors (Lipinski definition) is 1. The SMILES string of the molecule is CC(C)(C)C(O)(c1cccnc1)c1ccc(-c2ccc(OC(F)F)cc2)cc1Cl. The van der Waals surface area contributed by atoms with Crippen molar-refractivity contribution in [2.24, 2.45) is 5.41 Å². The lowest BCUT2D eigenvalue weighted by molar-refractivity contribution is -0.0498. The van der Waals surface area contributed by atoms with E-state index in [1.165, 1.54) is 12.1 Å². The zero-order chi connectivity index (χ0) is 21.2. The average Bonchev–Trinajstić information content (AvgIpc) is 2.67. The minimum atomic E-state index is -2.86. The molecule has 1 atom stereocenters. The Labute approximate surface area is 173 Å². The first-order valence-electron chi connectivity index (χ1n) is 9.11. The number of alkyl halides is 2. The molecule has 1 unspecified atom stereocenters. The molecule has 0 aliphatic heterocycles. The zero-order valence-electron chi connectivity index (χ0n) is 16.4. The van der Waals surface area contributed by atoms with Crippen molar-refractivity contribution >= 4 is 11.6 Å². The lowest BCUT2D eigenvalue weighted by atomic mass is 9.68. The standard InChI is InChI=1S/C23H22ClF2NO2/c1-22(2,3)23(28,17-5-4-12-27-14-17)19-11-8-16(13-20(19)24)15-6-9-18(10-7-15)29-21(25)26/h4-14,21,28H,1-3H3. The Morgan fingerprint density at radius 1 is 1.00 bits per heavy atom. The predicted octanol–water partition coefficient (Wildman–Crippen LogP) is 6.29. The normalized spacial score (nSPS) is 13.9. The fourth-order valence-corrected chi connectivity index (χ4v) is 3.70. The largest absolute Gasteiger partial charge is 0.435 e. The molecule has 2 aromatic carbocycles. The van der Waals surface area contributed by atoms with Gasteiger partial charge in [-0.15, -0.1) is 0 Å². The summed E-state index contributed by atoms with van der Waals surface area (Å²) in [5.74, 6) is 0.0881. The van der Waals surface area contributed by atoms with Gasteiger partial charge in [0.1, 0.15) is 11.4 Å². The summed E-state index contributed by atoms with van der Waals surface area (Å²) < 4.78 is 29.0. The van der Waals surface area contributed by atoms with Crippen molar-refractivity contribution < 1.29 is 18.6 Å².